The number of aromatic nitrogens is 1. The van der Waals surface area contributed by atoms with Gasteiger partial charge in [0.15, 0.2) is 0 Å². The number of hydrogen-bond acceptors (Lipinski definition) is 4. The fourth-order valence-electron chi connectivity index (χ4n) is 2.03. The van der Waals surface area contributed by atoms with Crippen LogP contribution in [0.1, 0.15) is 40.5 Å². The molecule has 2 aromatic heterocycles. The lowest BCUT2D eigenvalue weighted by molar-refractivity contribution is 0.0938. The number of amides is 1. The molecule has 2 rings (SSSR count). The third-order valence-electron chi connectivity index (χ3n) is 2.96. The minimum Gasteiger partial charge on any atom is -0.361 e. The Morgan fingerprint density at radius 2 is 2.37 bits per heavy atom. The van der Waals surface area contributed by atoms with Crippen LogP contribution in [0.3, 0.4) is 0 Å². The molecule has 0 radical (unpaired) electrons. The number of thiophene rings is 1. The molecule has 4 nitrogen and oxygen atoms in total. The van der Waals surface area contributed by atoms with Crippen molar-refractivity contribution in [3.8, 4) is 0 Å². The second-order valence-corrected chi connectivity index (χ2v) is 5.60. The Morgan fingerprint density at radius 1 is 1.58 bits per heavy atom. The van der Waals surface area contributed by atoms with E-state index in [-0.39, 0.29) is 11.9 Å². The Kier molecular flexibility index (Phi) is 4.37. The van der Waals surface area contributed by atoms with E-state index in [2.05, 4.69) is 16.5 Å². The molecule has 1 N–H and O–H groups in total. The maximum atomic E-state index is 12.2. The quantitative estimate of drug-likeness (QED) is 0.914. The lowest BCUT2D eigenvalue weighted by Gasteiger charge is -2.12. The van der Waals surface area contributed by atoms with Crippen LogP contribution in [-0.2, 0) is 12.8 Å². The summed E-state index contributed by atoms with van der Waals surface area (Å²) < 4.78 is 5.09. The van der Waals surface area contributed by atoms with Gasteiger partial charge >= 0.3 is 0 Å². The monoisotopic (exact) mass is 278 g/mol. The molecule has 102 valence electrons. The minimum absolute atomic E-state index is 0.0881. The van der Waals surface area contributed by atoms with Gasteiger partial charge in [0, 0.05) is 17.3 Å². The largest absolute Gasteiger partial charge is 0.361 e. The SMILES string of the molecule is CCc1noc(C)c1C(=O)NC(C)Cc1cccs1. The van der Waals surface area contributed by atoms with E-state index in [9.17, 15) is 4.79 Å². The highest BCUT2D eigenvalue weighted by atomic mass is 32.1. The molecule has 5 heteroatoms. The average Bonchev–Trinajstić information content (AvgIpc) is 2.98. The standard InChI is InChI=1S/C14H18N2O2S/c1-4-12-13(10(3)18-16-12)14(17)15-9(2)8-11-6-5-7-19-11/h5-7,9H,4,8H2,1-3H3,(H,15,17). The Hall–Kier alpha value is -1.62. The first kappa shape index (κ1) is 13.8. The minimum atomic E-state index is -0.0975. The molecule has 0 aliphatic heterocycles. The van der Waals surface area contributed by atoms with Crippen LogP contribution in [0.2, 0.25) is 0 Å². The highest BCUT2D eigenvalue weighted by molar-refractivity contribution is 7.09. The van der Waals surface area contributed by atoms with E-state index in [4.69, 9.17) is 4.52 Å². The number of hydrogen-bond donors (Lipinski definition) is 1. The van der Waals surface area contributed by atoms with E-state index >= 15 is 0 Å². The molecule has 2 aromatic rings. The van der Waals surface area contributed by atoms with E-state index in [1.807, 2.05) is 25.3 Å². The summed E-state index contributed by atoms with van der Waals surface area (Å²) in [5, 5.41) is 8.95. The van der Waals surface area contributed by atoms with Crippen molar-refractivity contribution in [2.75, 3.05) is 0 Å². The third kappa shape index (κ3) is 3.23. The fourth-order valence-corrected chi connectivity index (χ4v) is 2.86. The molecule has 0 aromatic carbocycles. The molecule has 19 heavy (non-hydrogen) atoms. The number of rotatable bonds is 5. The summed E-state index contributed by atoms with van der Waals surface area (Å²) in [4.78, 5) is 13.5. The van der Waals surface area contributed by atoms with Gasteiger partial charge in [0.1, 0.15) is 11.3 Å². The molecule has 0 fully saturated rings. The lowest BCUT2D eigenvalue weighted by atomic mass is 10.1. The number of carbonyl (C=O) groups excluding carboxylic acids is 1. The van der Waals surface area contributed by atoms with Crippen LogP contribution in [0.4, 0.5) is 0 Å². The predicted octanol–water partition coefficient (Wildman–Crippen LogP) is 2.97. The van der Waals surface area contributed by atoms with Gasteiger partial charge in [-0.15, -0.1) is 11.3 Å². The van der Waals surface area contributed by atoms with Crippen LogP contribution in [0.25, 0.3) is 0 Å². The first-order chi connectivity index (χ1) is 9.11. The molecule has 0 saturated carbocycles. The van der Waals surface area contributed by atoms with Crippen molar-refractivity contribution in [3.05, 3.63) is 39.4 Å². The smallest absolute Gasteiger partial charge is 0.257 e. The van der Waals surface area contributed by atoms with Gasteiger partial charge in [0.05, 0.1) is 5.69 Å². The van der Waals surface area contributed by atoms with Crippen LogP contribution in [0.15, 0.2) is 22.0 Å². The van der Waals surface area contributed by atoms with Gasteiger partial charge in [0.25, 0.3) is 5.91 Å². The molecule has 2 heterocycles. The summed E-state index contributed by atoms with van der Waals surface area (Å²) in [6.45, 7) is 5.74. The second kappa shape index (κ2) is 6.02. The molecule has 1 atom stereocenters. The van der Waals surface area contributed by atoms with Crippen molar-refractivity contribution in [1.82, 2.24) is 10.5 Å². The van der Waals surface area contributed by atoms with Crippen molar-refractivity contribution in [3.63, 3.8) is 0 Å². The van der Waals surface area contributed by atoms with Crippen LogP contribution < -0.4 is 5.32 Å². The maximum absolute atomic E-state index is 12.2. The summed E-state index contributed by atoms with van der Waals surface area (Å²) in [6.07, 6.45) is 1.54. The Labute approximate surface area is 116 Å². The zero-order valence-corrected chi connectivity index (χ0v) is 12.2. The summed E-state index contributed by atoms with van der Waals surface area (Å²) in [6, 6.07) is 4.19. The summed E-state index contributed by atoms with van der Waals surface area (Å²) >= 11 is 1.70. The van der Waals surface area contributed by atoms with Gasteiger partial charge in [0.2, 0.25) is 0 Å². The molecule has 1 amide bonds. The molecule has 0 saturated heterocycles. The van der Waals surface area contributed by atoms with Gasteiger partial charge in [-0.2, -0.15) is 0 Å². The van der Waals surface area contributed by atoms with Gasteiger partial charge < -0.3 is 9.84 Å². The van der Waals surface area contributed by atoms with Crippen molar-refractivity contribution in [2.24, 2.45) is 0 Å². The number of carbonyl (C=O) groups is 1. The van der Waals surface area contributed by atoms with Crippen LogP contribution in [0, 0.1) is 6.92 Å². The first-order valence-corrected chi connectivity index (χ1v) is 7.28. The number of nitrogens with zero attached hydrogens (tertiary/aromatic N) is 1. The van der Waals surface area contributed by atoms with E-state index in [1.54, 1.807) is 18.3 Å². The molecule has 0 bridgehead atoms. The summed E-state index contributed by atoms with van der Waals surface area (Å²) in [5.41, 5.74) is 1.30. The van der Waals surface area contributed by atoms with Crippen molar-refractivity contribution < 1.29 is 9.32 Å². The Bertz CT molecular complexity index is 546. The fraction of sp³-hybridized carbons (Fsp3) is 0.429. The topological polar surface area (TPSA) is 55.1 Å². The van der Waals surface area contributed by atoms with E-state index in [1.165, 1.54) is 4.88 Å². The Morgan fingerprint density at radius 3 is 3.00 bits per heavy atom. The predicted molar refractivity (Wildman–Crippen MR) is 75.6 cm³/mol. The first-order valence-electron chi connectivity index (χ1n) is 6.40. The highest BCUT2D eigenvalue weighted by Crippen LogP contribution is 2.15. The molecule has 0 aliphatic carbocycles. The van der Waals surface area contributed by atoms with Crippen LogP contribution >= 0.6 is 11.3 Å². The van der Waals surface area contributed by atoms with Gasteiger partial charge in [-0.05, 0) is 31.7 Å². The normalized spacial score (nSPS) is 12.4. The molecular weight excluding hydrogens is 260 g/mol. The van der Waals surface area contributed by atoms with E-state index < -0.39 is 0 Å². The molecule has 0 aliphatic rings. The Balaban J connectivity index is 2.02. The lowest BCUT2D eigenvalue weighted by Crippen LogP contribution is -2.34. The van der Waals surface area contributed by atoms with Gasteiger partial charge in [-0.1, -0.05) is 18.1 Å². The second-order valence-electron chi connectivity index (χ2n) is 4.57. The van der Waals surface area contributed by atoms with Crippen molar-refractivity contribution in [2.45, 2.75) is 39.7 Å². The number of aryl methyl sites for hydroxylation is 2. The van der Waals surface area contributed by atoms with Crippen LogP contribution in [0.5, 0.6) is 0 Å². The van der Waals surface area contributed by atoms with E-state index in [0.29, 0.717) is 17.7 Å². The molecule has 1 unspecified atom stereocenters. The average molecular weight is 278 g/mol. The van der Waals surface area contributed by atoms with Gasteiger partial charge in [-0.25, -0.2) is 0 Å². The number of nitrogens with one attached hydrogen (secondary N) is 1. The van der Waals surface area contributed by atoms with E-state index in [0.717, 1.165) is 12.1 Å². The van der Waals surface area contributed by atoms with Crippen molar-refractivity contribution >= 4 is 17.2 Å². The molecule has 0 spiro atoms. The molecular formula is C14H18N2O2S. The zero-order chi connectivity index (χ0) is 13.8. The third-order valence-corrected chi connectivity index (χ3v) is 3.86. The van der Waals surface area contributed by atoms with Gasteiger partial charge in [-0.3, -0.25) is 4.79 Å². The van der Waals surface area contributed by atoms with Crippen molar-refractivity contribution in [1.29, 1.82) is 0 Å². The summed E-state index contributed by atoms with van der Waals surface area (Å²) in [5.74, 6) is 0.484. The summed E-state index contributed by atoms with van der Waals surface area (Å²) in [7, 11) is 0. The zero-order valence-electron chi connectivity index (χ0n) is 11.4. The maximum Gasteiger partial charge on any atom is 0.257 e. The van der Waals surface area contributed by atoms with Crippen LogP contribution in [-0.4, -0.2) is 17.1 Å². The highest BCUT2D eigenvalue weighted by Gasteiger charge is 2.20.